The predicted octanol–water partition coefficient (Wildman–Crippen LogP) is 3.89. The number of hydrogen-bond acceptors (Lipinski definition) is 2. The standard InChI is InChI=1S/C16H24O2/c1-6-7-13-14(17)11-8-10(2)9-12(15(11)18-13)16(3,4)5/h8-9,13-14,17H,6-7H2,1-5H3. The molecular formula is C16H24O2. The molecule has 0 radical (unpaired) electrons. The average molecular weight is 248 g/mol. The molecule has 2 rings (SSSR count). The van der Waals surface area contributed by atoms with Gasteiger partial charge >= 0.3 is 0 Å². The lowest BCUT2D eigenvalue weighted by Crippen LogP contribution is -2.18. The van der Waals surface area contributed by atoms with Crippen molar-refractivity contribution in [2.24, 2.45) is 0 Å². The zero-order valence-corrected chi connectivity index (χ0v) is 12.1. The molecule has 0 aromatic heterocycles. The Balaban J connectivity index is 2.48. The summed E-state index contributed by atoms with van der Waals surface area (Å²) in [7, 11) is 0. The normalized spacial score (nSPS) is 22.8. The van der Waals surface area contributed by atoms with E-state index < -0.39 is 6.10 Å². The number of ether oxygens (including phenoxy) is 1. The van der Waals surface area contributed by atoms with E-state index in [0.717, 1.165) is 24.2 Å². The lowest BCUT2D eigenvalue weighted by atomic mass is 9.84. The minimum Gasteiger partial charge on any atom is -0.487 e. The van der Waals surface area contributed by atoms with Crippen molar-refractivity contribution in [3.8, 4) is 5.75 Å². The monoisotopic (exact) mass is 248 g/mol. The molecule has 100 valence electrons. The Morgan fingerprint density at radius 2 is 1.94 bits per heavy atom. The smallest absolute Gasteiger partial charge is 0.129 e. The first-order valence-corrected chi connectivity index (χ1v) is 6.84. The summed E-state index contributed by atoms with van der Waals surface area (Å²) in [6, 6.07) is 4.24. The fourth-order valence-corrected chi connectivity index (χ4v) is 2.63. The SMILES string of the molecule is CCCC1Oc2c(cc(C)cc2C(C)(C)C)C1O. The van der Waals surface area contributed by atoms with Gasteiger partial charge in [-0.15, -0.1) is 0 Å². The largest absolute Gasteiger partial charge is 0.487 e. The minimum atomic E-state index is -0.471. The minimum absolute atomic E-state index is 0.0386. The van der Waals surface area contributed by atoms with E-state index in [-0.39, 0.29) is 11.5 Å². The number of benzene rings is 1. The van der Waals surface area contributed by atoms with Gasteiger partial charge in [-0.1, -0.05) is 45.7 Å². The van der Waals surface area contributed by atoms with Gasteiger partial charge in [0.25, 0.3) is 0 Å². The molecule has 0 aliphatic carbocycles. The van der Waals surface area contributed by atoms with Gasteiger partial charge in [0.05, 0.1) is 0 Å². The first-order valence-electron chi connectivity index (χ1n) is 6.84. The highest BCUT2D eigenvalue weighted by molar-refractivity contribution is 5.51. The molecule has 1 heterocycles. The number of fused-ring (bicyclic) bond motifs is 1. The van der Waals surface area contributed by atoms with Gasteiger partial charge in [0.2, 0.25) is 0 Å². The first-order chi connectivity index (χ1) is 8.34. The molecule has 0 spiro atoms. The lowest BCUT2D eigenvalue weighted by molar-refractivity contribution is 0.0610. The van der Waals surface area contributed by atoms with Crippen LogP contribution in [0.2, 0.25) is 0 Å². The second kappa shape index (κ2) is 4.58. The van der Waals surface area contributed by atoms with Gasteiger partial charge in [0.15, 0.2) is 0 Å². The van der Waals surface area contributed by atoms with Crippen LogP contribution in [-0.2, 0) is 5.41 Å². The Labute approximate surface area is 110 Å². The van der Waals surface area contributed by atoms with E-state index in [1.807, 2.05) is 0 Å². The van der Waals surface area contributed by atoms with Crippen molar-refractivity contribution in [3.05, 3.63) is 28.8 Å². The van der Waals surface area contributed by atoms with Gasteiger partial charge in [-0.3, -0.25) is 0 Å². The molecule has 0 amide bonds. The number of aliphatic hydroxyl groups excluding tert-OH is 1. The molecule has 18 heavy (non-hydrogen) atoms. The van der Waals surface area contributed by atoms with Crippen molar-refractivity contribution >= 4 is 0 Å². The molecule has 2 heteroatoms. The Morgan fingerprint density at radius 1 is 1.28 bits per heavy atom. The summed E-state index contributed by atoms with van der Waals surface area (Å²) < 4.78 is 6.02. The molecule has 1 aromatic carbocycles. The van der Waals surface area contributed by atoms with Crippen LogP contribution in [0.4, 0.5) is 0 Å². The molecule has 2 atom stereocenters. The Morgan fingerprint density at radius 3 is 2.50 bits per heavy atom. The van der Waals surface area contributed by atoms with Gasteiger partial charge < -0.3 is 9.84 Å². The topological polar surface area (TPSA) is 29.5 Å². The second-order valence-electron chi connectivity index (χ2n) is 6.37. The number of rotatable bonds is 2. The van der Waals surface area contributed by atoms with Crippen molar-refractivity contribution < 1.29 is 9.84 Å². The van der Waals surface area contributed by atoms with Crippen molar-refractivity contribution in [1.29, 1.82) is 0 Å². The van der Waals surface area contributed by atoms with Crippen LogP contribution in [0.25, 0.3) is 0 Å². The maximum Gasteiger partial charge on any atom is 0.129 e. The Hall–Kier alpha value is -1.02. The molecule has 0 saturated carbocycles. The highest BCUT2D eigenvalue weighted by atomic mass is 16.5. The van der Waals surface area contributed by atoms with Gasteiger partial charge in [-0.05, 0) is 24.8 Å². The highest BCUT2D eigenvalue weighted by Gasteiger charge is 2.36. The van der Waals surface area contributed by atoms with E-state index in [9.17, 15) is 5.11 Å². The van der Waals surface area contributed by atoms with Crippen LogP contribution in [-0.4, -0.2) is 11.2 Å². The third kappa shape index (κ3) is 2.26. The second-order valence-corrected chi connectivity index (χ2v) is 6.37. The first kappa shape index (κ1) is 13.4. The van der Waals surface area contributed by atoms with Crippen molar-refractivity contribution in [2.75, 3.05) is 0 Å². The Bertz CT molecular complexity index is 443. The summed E-state index contributed by atoms with van der Waals surface area (Å²) in [4.78, 5) is 0. The fourth-order valence-electron chi connectivity index (χ4n) is 2.63. The molecule has 0 saturated heterocycles. The van der Waals surface area contributed by atoms with Crippen LogP contribution in [0.5, 0.6) is 5.75 Å². The van der Waals surface area contributed by atoms with Crippen LogP contribution >= 0.6 is 0 Å². The molecule has 1 N–H and O–H groups in total. The summed E-state index contributed by atoms with van der Waals surface area (Å²) in [5.74, 6) is 0.916. The van der Waals surface area contributed by atoms with E-state index in [4.69, 9.17) is 4.74 Å². The zero-order chi connectivity index (χ0) is 13.5. The molecule has 0 fully saturated rings. The maximum atomic E-state index is 10.4. The third-order valence-electron chi connectivity index (χ3n) is 3.58. The molecule has 1 aromatic rings. The van der Waals surface area contributed by atoms with Crippen LogP contribution in [0, 0.1) is 6.92 Å². The molecule has 2 unspecified atom stereocenters. The number of aliphatic hydroxyl groups is 1. The third-order valence-corrected chi connectivity index (χ3v) is 3.58. The molecular weight excluding hydrogens is 224 g/mol. The maximum absolute atomic E-state index is 10.4. The Kier molecular flexibility index (Phi) is 3.41. The van der Waals surface area contributed by atoms with E-state index in [1.54, 1.807) is 0 Å². The van der Waals surface area contributed by atoms with E-state index in [2.05, 4.69) is 46.8 Å². The van der Waals surface area contributed by atoms with E-state index in [1.165, 1.54) is 11.1 Å². The number of hydrogen-bond donors (Lipinski definition) is 1. The fraction of sp³-hybridized carbons (Fsp3) is 0.625. The van der Waals surface area contributed by atoms with Gasteiger partial charge in [-0.2, -0.15) is 0 Å². The van der Waals surface area contributed by atoms with Gasteiger partial charge in [0, 0.05) is 11.1 Å². The molecule has 0 bridgehead atoms. The number of aryl methyl sites for hydroxylation is 1. The van der Waals surface area contributed by atoms with Crippen molar-refractivity contribution in [3.63, 3.8) is 0 Å². The lowest BCUT2D eigenvalue weighted by Gasteiger charge is -2.23. The average Bonchev–Trinajstić information content (AvgIpc) is 2.55. The van der Waals surface area contributed by atoms with Crippen LogP contribution in [0.15, 0.2) is 12.1 Å². The van der Waals surface area contributed by atoms with Gasteiger partial charge in [-0.25, -0.2) is 0 Å². The molecule has 1 aliphatic rings. The van der Waals surface area contributed by atoms with Crippen molar-refractivity contribution in [1.82, 2.24) is 0 Å². The van der Waals surface area contributed by atoms with E-state index in [0.29, 0.717) is 0 Å². The highest BCUT2D eigenvalue weighted by Crippen LogP contribution is 2.45. The van der Waals surface area contributed by atoms with Crippen LogP contribution in [0.1, 0.15) is 63.3 Å². The zero-order valence-electron chi connectivity index (χ0n) is 12.1. The molecule has 1 aliphatic heterocycles. The van der Waals surface area contributed by atoms with E-state index >= 15 is 0 Å². The van der Waals surface area contributed by atoms with Crippen LogP contribution in [0.3, 0.4) is 0 Å². The summed E-state index contributed by atoms with van der Waals surface area (Å²) in [6.45, 7) is 10.8. The van der Waals surface area contributed by atoms with Crippen LogP contribution < -0.4 is 4.74 Å². The quantitative estimate of drug-likeness (QED) is 0.860. The summed E-state index contributed by atoms with van der Waals surface area (Å²) in [5, 5.41) is 10.4. The van der Waals surface area contributed by atoms with Crippen molar-refractivity contribution in [2.45, 2.75) is 65.1 Å². The molecule has 2 nitrogen and oxygen atoms in total. The van der Waals surface area contributed by atoms with Gasteiger partial charge in [0.1, 0.15) is 18.0 Å². The summed E-state index contributed by atoms with van der Waals surface area (Å²) in [5.41, 5.74) is 3.41. The summed E-state index contributed by atoms with van der Waals surface area (Å²) >= 11 is 0. The predicted molar refractivity (Wildman–Crippen MR) is 74.2 cm³/mol. The summed E-state index contributed by atoms with van der Waals surface area (Å²) in [6.07, 6.45) is 1.38.